The number of halogens is 4. The first-order chi connectivity index (χ1) is 14.3. The molecule has 6 nitrogen and oxygen atoms in total. The minimum atomic E-state index is -4.80. The number of benzene rings is 2. The van der Waals surface area contributed by atoms with Gasteiger partial charge in [0.15, 0.2) is 6.29 Å². The first-order valence-corrected chi connectivity index (χ1v) is 9.61. The van der Waals surface area contributed by atoms with Gasteiger partial charge in [-0.2, -0.15) is 4.79 Å². The van der Waals surface area contributed by atoms with Crippen molar-refractivity contribution in [2.75, 3.05) is 18.1 Å². The molecule has 0 saturated carbocycles. The topological polar surface area (TPSA) is 56.6 Å². The van der Waals surface area contributed by atoms with Crippen LogP contribution < -0.4 is 14.5 Å². The molecule has 0 unspecified atom stereocenters. The van der Waals surface area contributed by atoms with Crippen LogP contribution in [0.1, 0.15) is 23.3 Å². The Labute approximate surface area is 174 Å². The number of carbonyl (C=O) groups is 1. The van der Waals surface area contributed by atoms with Gasteiger partial charge in [-0.05, 0) is 36.4 Å². The van der Waals surface area contributed by atoms with Crippen molar-refractivity contribution in [3.63, 3.8) is 0 Å². The molecule has 4 rings (SSSR count). The maximum Gasteiger partial charge on any atom is 0.573 e. The highest BCUT2D eigenvalue weighted by Gasteiger charge is 2.31. The molecule has 0 radical (unpaired) electrons. The number of piperidine rings is 1. The van der Waals surface area contributed by atoms with Crippen LogP contribution in [0.15, 0.2) is 42.5 Å². The largest absolute Gasteiger partial charge is 0.573 e. The van der Waals surface area contributed by atoms with Crippen LogP contribution in [0.5, 0.6) is 11.5 Å². The maximum atomic E-state index is 12.6. The maximum absolute atomic E-state index is 12.6. The quantitative estimate of drug-likeness (QED) is 0.545. The third-order valence-electron chi connectivity index (χ3n) is 4.81. The van der Waals surface area contributed by atoms with Crippen LogP contribution in [0.2, 0.25) is 5.02 Å². The number of alkyl halides is 3. The summed E-state index contributed by atoms with van der Waals surface area (Å²) in [5.74, 6) is 0.356. The standard InChI is InChI=1S/C20H17ClF3N3O3/c21-13-1-3-14(4-2-13)29-15-7-9-26(10-8-15)27-19-11-16(30-20(22,23)24)5-6-17(19)18(12-28)25-27/h1-6,11-12,15H,7-10H2. The van der Waals surface area contributed by atoms with Gasteiger partial charge in [0.05, 0.1) is 5.52 Å². The number of rotatable bonds is 5. The van der Waals surface area contributed by atoms with Crippen LogP contribution in [-0.2, 0) is 0 Å². The summed E-state index contributed by atoms with van der Waals surface area (Å²) in [6.07, 6.45) is -2.87. The zero-order chi connectivity index (χ0) is 21.3. The van der Waals surface area contributed by atoms with Crippen LogP contribution >= 0.6 is 11.6 Å². The smallest absolute Gasteiger partial charge is 0.490 e. The van der Waals surface area contributed by atoms with Crippen molar-refractivity contribution < 1.29 is 27.4 Å². The highest BCUT2D eigenvalue weighted by atomic mass is 35.5. The molecule has 0 atom stereocenters. The molecular weight excluding hydrogens is 423 g/mol. The van der Waals surface area contributed by atoms with Crippen molar-refractivity contribution in [2.24, 2.45) is 0 Å². The fourth-order valence-corrected chi connectivity index (χ4v) is 3.58. The predicted molar refractivity (Wildman–Crippen MR) is 105 cm³/mol. The van der Waals surface area contributed by atoms with E-state index in [1.54, 1.807) is 24.3 Å². The van der Waals surface area contributed by atoms with E-state index >= 15 is 0 Å². The van der Waals surface area contributed by atoms with Gasteiger partial charge < -0.3 is 9.47 Å². The number of fused-ring (bicyclic) bond motifs is 1. The molecule has 0 aliphatic carbocycles. The van der Waals surface area contributed by atoms with Crippen LogP contribution in [0.4, 0.5) is 13.2 Å². The van der Waals surface area contributed by atoms with Crippen LogP contribution in [0, 0.1) is 0 Å². The van der Waals surface area contributed by atoms with E-state index in [1.807, 2.05) is 5.01 Å². The Bertz CT molecular complexity index is 1050. The molecule has 1 fully saturated rings. The number of nitrogens with zero attached hydrogens (tertiary/aromatic N) is 3. The molecule has 2 aromatic carbocycles. The number of aromatic nitrogens is 2. The minimum Gasteiger partial charge on any atom is -0.490 e. The molecule has 1 aliphatic heterocycles. The van der Waals surface area contributed by atoms with Gasteiger partial charge in [0.2, 0.25) is 0 Å². The number of hydrogen-bond donors (Lipinski definition) is 0. The molecule has 1 saturated heterocycles. The van der Waals surface area contributed by atoms with Gasteiger partial charge in [0, 0.05) is 42.4 Å². The van der Waals surface area contributed by atoms with Crippen LogP contribution in [0.25, 0.3) is 10.9 Å². The van der Waals surface area contributed by atoms with E-state index in [4.69, 9.17) is 16.3 Å². The monoisotopic (exact) mass is 439 g/mol. The van der Waals surface area contributed by atoms with Crippen molar-refractivity contribution in [1.82, 2.24) is 9.89 Å². The first kappa shape index (κ1) is 20.3. The summed E-state index contributed by atoms with van der Waals surface area (Å²) in [6, 6.07) is 10.9. The fourth-order valence-electron chi connectivity index (χ4n) is 3.46. The van der Waals surface area contributed by atoms with Gasteiger partial charge in [-0.1, -0.05) is 11.6 Å². The van der Waals surface area contributed by atoms with E-state index in [2.05, 4.69) is 9.84 Å². The molecule has 1 aromatic heterocycles. The average molecular weight is 440 g/mol. The fraction of sp³-hybridized carbons (Fsp3) is 0.300. The first-order valence-electron chi connectivity index (χ1n) is 9.23. The second kappa shape index (κ2) is 8.06. The van der Waals surface area contributed by atoms with Crippen molar-refractivity contribution in [2.45, 2.75) is 25.3 Å². The molecule has 158 valence electrons. The molecule has 1 aliphatic rings. The third kappa shape index (κ3) is 4.46. The van der Waals surface area contributed by atoms with Gasteiger partial charge in [0.25, 0.3) is 0 Å². The number of aldehydes is 1. The van der Waals surface area contributed by atoms with E-state index in [9.17, 15) is 18.0 Å². The lowest BCUT2D eigenvalue weighted by atomic mass is 10.1. The van der Waals surface area contributed by atoms with Gasteiger partial charge >= 0.3 is 6.36 Å². The number of hydrogen-bond acceptors (Lipinski definition) is 5. The zero-order valence-electron chi connectivity index (χ0n) is 15.6. The van der Waals surface area contributed by atoms with Gasteiger partial charge in [-0.3, -0.25) is 9.80 Å². The third-order valence-corrected chi connectivity index (χ3v) is 5.06. The molecule has 3 aromatic rings. The lowest BCUT2D eigenvalue weighted by molar-refractivity contribution is -0.274. The Morgan fingerprint density at radius 1 is 1.07 bits per heavy atom. The molecule has 10 heteroatoms. The lowest BCUT2D eigenvalue weighted by Crippen LogP contribution is -2.45. The predicted octanol–water partition coefficient (Wildman–Crippen LogP) is 4.58. The van der Waals surface area contributed by atoms with Crippen molar-refractivity contribution >= 4 is 28.8 Å². The highest BCUT2D eigenvalue weighted by molar-refractivity contribution is 6.30. The molecular formula is C20H17ClF3N3O3. The summed E-state index contributed by atoms with van der Waals surface area (Å²) in [5, 5.41) is 7.22. The Balaban J connectivity index is 1.52. The SMILES string of the molecule is O=Cc1nn(N2CCC(Oc3ccc(Cl)cc3)CC2)c2cc(OC(F)(F)F)ccc12. The summed E-state index contributed by atoms with van der Waals surface area (Å²) < 4.78 is 47.7. The average Bonchev–Trinajstić information content (AvgIpc) is 3.07. The van der Waals surface area contributed by atoms with Gasteiger partial charge in [-0.15, -0.1) is 18.3 Å². The summed E-state index contributed by atoms with van der Waals surface area (Å²) in [4.78, 5) is 12.8. The molecule has 0 N–H and O–H groups in total. The van der Waals surface area contributed by atoms with Crippen LogP contribution in [-0.4, -0.2) is 41.7 Å². The van der Waals surface area contributed by atoms with Crippen molar-refractivity contribution in [1.29, 1.82) is 0 Å². The van der Waals surface area contributed by atoms with Gasteiger partial charge in [0.1, 0.15) is 23.3 Å². The summed E-state index contributed by atoms with van der Waals surface area (Å²) >= 11 is 5.88. The second-order valence-corrected chi connectivity index (χ2v) is 7.28. The number of ether oxygens (including phenoxy) is 2. The Morgan fingerprint density at radius 2 is 1.73 bits per heavy atom. The van der Waals surface area contributed by atoms with E-state index in [0.717, 1.165) is 5.75 Å². The summed E-state index contributed by atoms with van der Waals surface area (Å²) in [6.45, 7) is 1.11. The molecule has 0 spiro atoms. The highest BCUT2D eigenvalue weighted by Crippen LogP contribution is 2.29. The molecule has 0 amide bonds. The molecule has 30 heavy (non-hydrogen) atoms. The summed E-state index contributed by atoms with van der Waals surface area (Å²) in [5.41, 5.74) is 0.527. The Morgan fingerprint density at radius 3 is 2.37 bits per heavy atom. The van der Waals surface area contributed by atoms with Crippen LogP contribution in [0.3, 0.4) is 0 Å². The van der Waals surface area contributed by atoms with Crippen molar-refractivity contribution in [3.8, 4) is 11.5 Å². The second-order valence-electron chi connectivity index (χ2n) is 6.84. The van der Waals surface area contributed by atoms with E-state index in [0.29, 0.717) is 48.1 Å². The minimum absolute atomic E-state index is 0.0149. The van der Waals surface area contributed by atoms with E-state index < -0.39 is 6.36 Å². The number of carbonyl (C=O) groups excluding carboxylic acids is 1. The lowest BCUT2D eigenvalue weighted by Gasteiger charge is -2.33. The van der Waals surface area contributed by atoms with E-state index in [-0.39, 0.29) is 17.5 Å². The molecule has 2 heterocycles. The Kier molecular flexibility index (Phi) is 5.46. The van der Waals surface area contributed by atoms with Gasteiger partial charge in [-0.25, -0.2) is 0 Å². The Hall–Kier alpha value is -2.94. The summed E-state index contributed by atoms with van der Waals surface area (Å²) in [7, 11) is 0. The van der Waals surface area contributed by atoms with E-state index in [1.165, 1.54) is 23.0 Å². The van der Waals surface area contributed by atoms with Crippen molar-refractivity contribution in [3.05, 3.63) is 53.2 Å². The molecule has 0 bridgehead atoms. The normalized spacial score (nSPS) is 15.4. The zero-order valence-corrected chi connectivity index (χ0v) is 16.4.